The summed E-state index contributed by atoms with van der Waals surface area (Å²) in [5, 5.41) is 0. The van der Waals surface area contributed by atoms with Gasteiger partial charge in [-0.25, -0.2) is 21.8 Å². The minimum atomic E-state index is -4.12. The minimum Gasteiger partial charge on any atom is -0.263 e. The van der Waals surface area contributed by atoms with E-state index in [1.807, 2.05) is 0 Å². The Bertz CT molecular complexity index is 984. The van der Waals surface area contributed by atoms with Gasteiger partial charge in [-0.1, -0.05) is 0 Å². The molecule has 0 N–H and O–H groups in total. The molecule has 0 aliphatic rings. The normalized spacial score (nSPS) is 11.6. The van der Waals surface area contributed by atoms with E-state index < -0.39 is 27.5 Å². The molecule has 0 spiro atoms. The highest BCUT2D eigenvalue weighted by Crippen LogP contribution is 2.29. The van der Waals surface area contributed by atoms with Crippen LogP contribution in [0, 0.1) is 18.7 Å². The van der Waals surface area contributed by atoms with Crippen LogP contribution in [0.4, 0.5) is 8.78 Å². The second-order valence-corrected chi connectivity index (χ2v) is 6.67. The highest BCUT2D eigenvalue weighted by atomic mass is 32.2. The fourth-order valence-corrected chi connectivity index (χ4v) is 3.59. The summed E-state index contributed by atoms with van der Waals surface area (Å²) >= 11 is 0. The first-order valence-corrected chi connectivity index (χ1v) is 8.00. The molecule has 0 atom stereocenters. The van der Waals surface area contributed by atoms with Crippen molar-refractivity contribution in [3.05, 3.63) is 66.4 Å². The number of nitrogens with zero attached hydrogens (tertiary/aromatic N) is 3. The molecule has 0 aromatic carbocycles. The summed E-state index contributed by atoms with van der Waals surface area (Å²) < 4.78 is 54.1. The molecule has 0 saturated carbocycles. The van der Waals surface area contributed by atoms with Crippen molar-refractivity contribution >= 4 is 10.0 Å². The lowest BCUT2D eigenvalue weighted by atomic mass is 10.2. The van der Waals surface area contributed by atoms with Crippen LogP contribution in [0.3, 0.4) is 0 Å². The van der Waals surface area contributed by atoms with E-state index in [0.29, 0.717) is 9.54 Å². The van der Waals surface area contributed by atoms with E-state index in [0.717, 1.165) is 18.5 Å². The largest absolute Gasteiger partial charge is 0.269 e. The van der Waals surface area contributed by atoms with E-state index in [-0.39, 0.29) is 10.5 Å². The summed E-state index contributed by atoms with van der Waals surface area (Å²) in [6.07, 6.45) is 4.89. The van der Waals surface area contributed by atoms with Gasteiger partial charge in [0.1, 0.15) is 16.4 Å². The van der Waals surface area contributed by atoms with E-state index in [9.17, 15) is 17.2 Å². The van der Waals surface area contributed by atoms with Crippen LogP contribution < -0.4 is 0 Å². The van der Waals surface area contributed by atoms with Crippen LogP contribution in [0.25, 0.3) is 11.3 Å². The average Bonchev–Trinajstić information content (AvgIpc) is 2.90. The number of halogens is 2. The van der Waals surface area contributed by atoms with Crippen LogP contribution in [-0.4, -0.2) is 22.4 Å². The Hall–Kier alpha value is -2.61. The Morgan fingerprint density at radius 3 is 2.65 bits per heavy atom. The van der Waals surface area contributed by atoms with Crippen molar-refractivity contribution in [2.75, 3.05) is 0 Å². The van der Waals surface area contributed by atoms with Crippen LogP contribution in [0.2, 0.25) is 0 Å². The topological polar surface area (TPSA) is 64.8 Å². The van der Waals surface area contributed by atoms with Gasteiger partial charge in [0.2, 0.25) is 5.95 Å². The quantitative estimate of drug-likeness (QED) is 0.691. The molecule has 0 aliphatic carbocycles. The lowest BCUT2D eigenvalue weighted by molar-refractivity contribution is 0.576. The first-order chi connectivity index (χ1) is 10.9. The standard InChI is InChI=1S/C15H11F2N3O2S/c1-10-7-11(9-18-8-10)23(21,22)20-6-4-13(16)14(20)12-3-2-5-19-15(12)17/h2-9H,1H3. The van der Waals surface area contributed by atoms with Crippen LogP contribution in [0.15, 0.2) is 53.9 Å². The van der Waals surface area contributed by atoms with Gasteiger partial charge in [-0.15, -0.1) is 0 Å². The summed E-state index contributed by atoms with van der Waals surface area (Å²) in [6.45, 7) is 1.68. The summed E-state index contributed by atoms with van der Waals surface area (Å²) in [4.78, 5) is 7.15. The molecule has 3 aromatic rings. The molecule has 5 nitrogen and oxygen atoms in total. The lowest BCUT2D eigenvalue weighted by Crippen LogP contribution is -2.14. The van der Waals surface area contributed by atoms with Crippen molar-refractivity contribution in [3.63, 3.8) is 0 Å². The van der Waals surface area contributed by atoms with Gasteiger partial charge >= 0.3 is 0 Å². The van der Waals surface area contributed by atoms with Gasteiger partial charge in [0.25, 0.3) is 10.0 Å². The molecule has 0 saturated heterocycles. The summed E-state index contributed by atoms with van der Waals surface area (Å²) in [7, 11) is -4.12. The van der Waals surface area contributed by atoms with E-state index >= 15 is 0 Å². The molecule has 8 heteroatoms. The van der Waals surface area contributed by atoms with Crippen molar-refractivity contribution in [1.29, 1.82) is 0 Å². The molecule has 0 unspecified atom stereocenters. The molecule has 3 rings (SSSR count). The predicted octanol–water partition coefficient (Wildman–Crippen LogP) is 2.77. The number of hydrogen-bond acceptors (Lipinski definition) is 4. The third-order valence-corrected chi connectivity index (χ3v) is 4.86. The maximum atomic E-state index is 14.1. The molecule has 0 fully saturated rings. The van der Waals surface area contributed by atoms with Crippen molar-refractivity contribution in [2.24, 2.45) is 0 Å². The lowest BCUT2D eigenvalue weighted by Gasteiger charge is -2.11. The third kappa shape index (κ3) is 2.61. The van der Waals surface area contributed by atoms with Crippen LogP contribution in [0.1, 0.15) is 5.56 Å². The van der Waals surface area contributed by atoms with Gasteiger partial charge in [-0.2, -0.15) is 4.39 Å². The van der Waals surface area contributed by atoms with Gasteiger partial charge in [-0.3, -0.25) is 4.98 Å². The van der Waals surface area contributed by atoms with Crippen LogP contribution in [0.5, 0.6) is 0 Å². The zero-order valence-electron chi connectivity index (χ0n) is 11.9. The number of rotatable bonds is 3. The Balaban J connectivity index is 2.25. The molecule has 0 aliphatic heterocycles. The fraction of sp³-hybridized carbons (Fsp3) is 0.0667. The Kier molecular flexibility index (Phi) is 3.69. The van der Waals surface area contributed by atoms with Crippen LogP contribution in [-0.2, 0) is 10.0 Å². The second-order valence-electron chi connectivity index (χ2n) is 4.85. The molecule has 0 amide bonds. The van der Waals surface area contributed by atoms with Crippen molar-refractivity contribution in [3.8, 4) is 11.3 Å². The molecule has 118 valence electrons. The van der Waals surface area contributed by atoms with Crippen molar-refractivity contribution in [1.82, 2.24) is 13.9 Å². The molecule has 3 aromatic heterocycles. The Labute approximate surface area is 131 Å². The van der Waals surface area contributed by atoms with Gasteiger partial charge < -0.3 is 0 Å². The number of aromatic nitrogens is 3. The minimum absolute atomic E-state index is 0.112. The zero-order chi connectivity index (χ0) is 16.6. The van der Waals surface area contributed by atoms with E-state index in [1.54, 1.807) is 6.92 Å². The number of hydrogen-bond donors (Lipinski definition) is 0. The molecule has 0 radical (unpaired) electrons. The number of aryl methyl sites for hydroxylation is 1. The van der Waals surface area contributed by atoms with E-state index in [2.05, 4.69) is 9.97 Å². The number of pyridine rings is 2. The van der Waals surface area contributed by atoms with Gasteiger partial charge in [0.05, 0.1) is 5.56 Å². The first-order valence-electron chi connectivity index (χ1n) is 6.56. The smallest absolute Gasteiger partial charge is 0.263 e. The Morgan fingerprint density at radius 1 is 1.17 bits per heavy atom. The molecule has 0 bridgehead atoms. The predicted molar refractivity (Wildman–Crippen MR) is 79.1 cm³/mol. The summed E-state index contributed by atoms with van der Waals surface area (Å²) in [5.74, 6) is -1.81. The fourth-order valence-electron chi connectivity index (χ4n) is 2.18. The third-order valence-electron chi connectivity index (χ3n) is 3.22. The zero-order valence-corrected chi connectivity index (χ0v) is 12.8. The SMILES string of the molecule is Cc1cncc(S(=O)(=O)n2ccc(F)c2-c2cccnc2F)c1. The average molecular weight is 335 g/mol. The first kappa shape index (κ1) is 15.3. The highest BCUT2D eigenvalue weighted by molar-refractivity contribution is 7.90. The monoisotopic (exact) mass is 335 g/mol. The molecule has 23 heavy (non-hydrogen) atoms. The Morgan fingerprint density at radius 2 is 1.96 bits per heavy atom. The second kappa shape index (κ2) is 5.54. The van der Waals surface area contributed by atoms with Crippen molar-refractivity contribution < 1.29 is 17.2 Å². The maximum Gasteiger partial charge on any atom is 0.269 e. The van der Waals surface area contributed by atoms with Crippen molar-refractivity contribution in [2.45, 2.75) is 11.8 Å². The van der Waals surface area contributed by atoms with Gasteiger partial charge in [0.15, 0.2) is 0 Å². The van der Waals surface area contributed by atoms with E-state index in [1.165, 1.54) is 30.6 Å². The maximum absolute atomic E-state index is 14.1. The summed E-state index contributed by atoms with van der Waals surface area (Å²) in [6, 6.07) is 5.03. The van der Waals surface area contributed by atoms with Crippen LogP contribution >= 0.6 is 0 Å². The van der Waals surface area contributed by atoms with Gasteiger partial charge in [-0.05, 0) is 36.8 Å². The van der Waals surface area contributed by atoms with Gasteiger partial charge in [0, 0.05) is 24.8 Å². The highest BCUT2D eigenvalue weighted by Gasteiger charge is 2.25. The summed E-state index contributed by atoms with van der Waals surface area (Å²) in [5.41, 5.74) is -0.0101. The van der Waals surface area contributed by atoms with E-state index in [4.69, 9.17) is 0 Å². The molecular weight excluding hydrogens is 324 g/mol. The molecule has 3 heterocycles. The molecular formula is C15H11F2N3O2S.